The van der Waals surface area contributed by atoms with Crippen molar-refractivity contribution in [3.63, 3.8) is 0 Å². The van der Waals surface area contributed by atoms with Gasteiger partial charge in [-0.3, -0.25) is 9.78 Å². The number of piperazine rings is 1. The molecule has 0 spiro atoms. The van der Waals surface area contributed by atoms with Crippen LogP contribution in [0.4, 0.5) is 10.5 Å². The summed E-state index contributed by atoms with van der Waals surface area (Å²) in [6, 6.07) is 20.0. The SMILES string of the molecule is O=C(Nc1ccccc1)N1CC(=O)N2[C@H](C1)[C@H](c1ccc(C#Cc3cccnc3)cc1)[C@@H]2CO. The maximum absolute atomic E-state index is 12.8. The smallest absolute Gasteiger partial charge is 0.322 e. The van der Waals surface area contributed by atoms with E-state index in [0.717, 1.165) is 16.7 Å². The minimum atomic E-state index is -0.300. The largest absolute Gasteiger partial charge is 0.394 e. The molecule has 2 saturated heterocycles. The van der Waals surface area contributed by atoms with Gasteiger partial charge in [-0.05, 0) is 42.0 Å². The van der Waals surface area contributed by atoms with Crippen LogP contribution in [0.25, 0.3) is 0 Å². The molecule has 3 heterocycles. The number of nitrogens with zero attached hydrogens (tertiary/aromatic N) is 3. The van der Waals surface area contributed by atoms with E-state index < -0.39 is 0 Å². The quantitative estimate of drug-likeness (QED) is 0.599. The highest BCUT2D eigenvalue weighted by Crippen LogP contribution is 2.43. The molecule has 0 saturated carbocycles. The summed E-state index contributed by atoms with van der Waals surface area (Å²) < 4.78 is 0. The van der Waals surface area contributed by atoms with Crippen LogP contribution in [0.2, 0.25) is 0 Å². The second-order valence-corrected chi connectivity index (χ2v) is 8.43. The summed E-state index contributed by atoms with van der Waals surface area (Å²) in [5.41, 5.74) is 3.41. The second-order valence-electron chi connectivity index (χ2n) is 8.43. The Balaban J connectivity index is 1.31. The van der Waals surface area contributed by atoms with Crippen LogP contribution in [0.5, 0.6) is 0 Å². The molecular weight excluding hydrogens is 428 g/mol. The van der Waals surface area contributed by atoms with Gasteiger partial charge in [0.15, 0.2) is 0 Å². The van der Waals surface area contributed by atoms with Crippen LogP contribution in [0, 0.1) is 11.8 Å². The van der Waals surface area contributed by atoms with Gasteiger partial charge in [-0.1, -0.05) is 42.2 Å². The lowest BCUT2D eigenvalue weighted by atomic mass is 9.73. The third-order valence-corrected chi connectivity index (χ3v) is 6.37. The number of urea groups is 1. The van der Waals surface area contributed by atoms with E-state index in [1.54, 1.807) is 22.2 Å². The third-order valence-electron chi connectivity index (χ3n) is 6.37. The van der Waals surface area contributed by atoms with Gasteiger partial charge in [0.25, 0.3) is 0 Å². The van der Waals surface area contributed by atoms with Crippen LogP contribution in [0.3, 0.4) is 0 Å². The molecule has 0 radical (unpaired) electrons. The number of hydrogen-bond donors (Lipinski definition) is 2. The minimum absolute atomic E-state index is 0.00125. The van der Waals surface area contributed by atoms with Gasteiger partial charge in [0.05, 0.1) is 18.7 Å². The predicted molar refractivity (Wildman–Crippen MR) is 128 cm³/mol. The van der Waals surface area contributed by atoms with Gasteiger partial charge in [-0.25, -0.2) is 4.79 Å². The van der Waals surface area contributed by atoms with Crippen LogP contribution < -0.4 is 5.32 Å². The van der Waals surface area contributed by atoms with E-state index in [9.17, 15) is 14.7 Å². The van der Waals surface area contributed by atoms with Gasteiger partial charge in [-0.15, -0.1) is 0 Å². The van der Waals surface area contributed by atoms with Gasteiger partial charge < -0.3 is 20.2 Å². The minimum Gasteiger partial charge on any atom is -0.394 e. The fraction of sp³-hybridized carbons (Fsp3) is 0.222. The van der Waals surface area contributed by atoms with Crippen molar-refractivity contribution in [3.05, 3.63) is 95.8 Å². The highest BCUT2D eigenvalue weighted by molar-refractivity contribution is 5.93. The molecule has 34 heavy (non-hydrogen) atoms. The average Bonchev–Trinajstić information content (AvgIpc) is 2.86. The molecule has 0 bridgehead atoms. The number of rotatable bonds is 3. The molecule has 2 aliphatic heterocycles. The van der Waals surface area contributed by atoms with Crippen molar-refractivity contribution in [3.8, 4) is 11.8 Å². The number of aromatic nitrogens is 1. The standard InChI is InChI=1S/C27H24N4O3/c32-18-24-26(21-12-10-19(11-13-21)8-9-20-5-4-14-28-15-20)23-16-30(17-25(33)31(23)24)27(34)29-22-6-2-1-3-7-22/h1-7,10-15,23-24,26,32H,16-18H2,(H,29,34)/t23-,24+,26+/m1/s1. The Kier molecular flexibility index (Phi) is 5.98. The summed E-state index contributed by atoms with van der Waals surface area (Å²) in [6.07, 6.45) is 3.43. The molecule has 2 fully saturated rings. The number of carbonyl (C=O) groups excluding carboxylic acids is 2. The fourth-order valence-electron chi connectivity index (χ4n) is 4.75. The Hall–Kier alpha value is -4.15. The van der Waals surface area contributed by atoms with Crippen LogP contribution in [0.15, 0.2) is 79.1 Å². The maximum atomic E-state index is 12.8. The van der Waals surface area contributed by atoms with Crippen molar-refractivity contribution in [2.75, 3.05) is 25.0 Å². The van der Waals surface area contributed by atoms with Crippen molar-refractivity contribution < 1.29 is 14.7 Å². The third kappa shape index (κ3) is 4.24. The molecule has 7 nitrogen and oxygen atoms in total. The van der Waals surface area contributed by atoms with E-state index in [2.05, 4.69) is 22.1 Å². The number of aliphatic hydroxyl groups excluding tert-OH is 1. The van der Waals surface area contributed by atoms with Crippen LogP contribution in [0.1, 0.15) is 22.6 Å². The Morgan fingerprint density at radius 1 is 1.03 bits per heavy atom. The first-order valence-corrected chi connectivity index (χ1v) is 11.2. The molecule has 0 aliphatic carbocycles. The molecule has 0 unspecified atom stereocenters. The van der Waals surface area contributed by atoms with Gasteiger partial charge >= 0.3 is 6.03 Å². The first-order chi connectivity index (χ1) is 16.6. The highest BCUT2D eigenvalue weighted by atomic mass is 16.3. The molecule has 3 atom stereocenters. The van der Waals surface area contributed by atoms with Gasteiger partial charge in [0.2, 0.25) is 5.91 Å². The Bertz CT molecular complexity index is 1240. The lowest BCUT2D eigenvalue weighted by molar-refractivity contribution is -0.159. The monoisotopic (exact) mass is 452 g/mol. The van der Waals surface area contributed by atoms with Gasteiger partial charge in [-0.2, -0.15) is 0 Å². The zero-order chi connectivity index (χ0) is 23.5. The zero-order valence-corrected chi connectivity index (χ0v) is 18.5. The Morgan fingerprint density at radius 3 is 2.50 bits per heavy atom. The van der Waals surface area contributed by atoms with Gasteiger partial charge in [0.1, 0.15) is 6.54 Å². The predicted octanol–water partition coefficient (Wildman–Crippen LogP) is 2.68. The number of hydrogen-bond acceptors (Lipinski definition) is 4. The Labute approximate surface area is 198 Å². The summed E-state index contributed by atoms with van der Waals surface area (Å²) in [6.45, 7) is 0.293. The lowest BCUT2D eigenvalue weighted by Crippen LogP contribution is -2.73. The van der Waals surface area contributed by atoms with Crippen molar-refractivity contribution in [2.24, 2.45) is 0 Å². The van der Waals surface area contributed by atoms with E-state index in [1.165, 1.54) is 0 Å². The summed E-state index contributed by atoms with van der Waals surface area (Å²) in [7, 11) is 0. The molecule has 2 N–H and O–H groups in total. The molecule has 2 aromatic carbocycles. The number of anilines is 1. The first-order valence-electron chi connectivity index (χ1n) is 11.2. The Morgan fingerprint density at radius 2 is 1.79 bits per heavy atom. The van der Waals surface area contributed by atoms with E-state index in [0.29, 0.717) is 12.2 Å². The van der Waals surface area contributed by atoms with Crippen LogP contribution >= 0.6 is 0 Å². The van der Waals surface area contributed by atoms with Gasteiger partial charge in [0, 0.05) is 41.7 Å². The number of nitrogens with one attached hydrogen (secondary N) is 1. The van der Waals surface area contributed by atoms with E-state index >= 15 is 0 Å². The number of fused-ring (bicyclic) bond motifs is 1. The molecule has 3 amide bonds. The molecule has 5 rings (SSSR count). The fourth-order valence-corrected chi connectivity index (χ4v) is 4.75. The molecule has 170 valence electrons. The number of para-hydroxylation sites is 1. The van der Waals surface area contributed by atoms with Crippen molar-refractivity contribution in [1.29, 1.82) is 0 Å². The molecule has 3 aromatic rings. The number of carbonyl (C=O) groups is 2. The topological polar surface area (TPSA) is 85.8 Å². The molecule has 7 heteroatoms. The van der Waals surface area contributed by atoms with Crippen molar-refractivity contribution >= 4 is 17.6 Å². The summed E-state index contributed by atoms with van der Waals surface area (Å²) in [5.74, 6) is 6.02. The maximum Gasteiger partial charge on any atom is 0.322 e. The molecule has 1 aromatic heterocycles. The summed E-state index contributed by atoms with van der Waals surface area (Å²) in [4.78, 5) is 32.9. The number of amides is 3. The molecular formula is C27H24N4O3. The second kappa shape index (κ2) is 9.38. The highest BCUT2D eigenvalue weighted by Gasteiger charge is 2.54. The zero-order valence-electron chi connectivity index (χ0n) is 18.5. The van der Waals surface area contributed by atoms with Crippen molar-refractivity contribution in [1.82, 2.24) is 14.8 Å². The summed E-state index contributed by atoms with van der Waals surface area (Å²) >= 11 is 0. The normalized spacial score (nSPS) is 21.1. The number of benzene rings is 2. The first kappa shape index (κ1) is 21.7. The average molecular weight is 453 g/mol. The van der Waals surface area contributed by atoms with Crippen LogP contribution in [-0.4, -0.2) is 63.6 Å². The van der Waals surface area contributed by atoms with E-state index in [4.69, 9.17) is 0 Å². The van der Waals surface area contributed by atoms with Crippen molar-refractivity contribution in [2.45, 2.75) is 18.0 Å². The van der Waals surface area contributed by atoms with E-state index in [1.807, 2.05) is 66.7 Å². The van der Waals surface area contributed by atoms with Crippen LogP contribution in [-0.2, 0) is 4.79 Å². The number of aliphatic hydroxyl groups is 1. The van der Waals surface area contributed by atoms with E-state index in [-0.39, 0.29) is 43.1 Å². The summed E-state index contributed by atoms with van der Waals surface area (Å²) in [5, 5.41) is 12.8. The number of pyridine rings is 1. The lowest BCUT2D eigenvalue weighted by Gasteiger charge is -2.58. The molecule has 2 aliphatic rings.